The summed E-state index contributed by atoms with van der Waals surface area (Å²) in [5, 5.41) is 21.1. The van der Waals surface area contributed by atoms with Crippen LogP contribution < -0.4 is 10.1 Å². The van der Waals surface area contributed by atoms with Crippen LogP contribution in [0, 0.1) is 0 Å². The molecule has 0 radical (unpaired) electrons. The van der Waals surface area contributed by atoms with Crippen LogP contribution in [-0.2, 0) is 0 Å². The van der Waals surface area contributed by atoms with Gasteiger partial charge in [0.05, 0.1) is 26.4 Å². The topological polar surface area (TPSA) is 61.7 Å². The average molecular weight is 239 g/mol. The molecule has 0 saturated carbocycles. The third kappa shape index (κ3) is 3.61. The number of aliphatic hydroxyl groups is 2. The van der Waals surface area contributed by atoms with Gasteiger partial charge in [0.2, 0.25) is 0 Å². The molecule has 0 atom stereocenters. The van der Waals surface area contributed by atoms with Crippen LogP contribution in [0.15, 0.2) is 18.2 Å². The Kier molecular flexibility index (Phi) is 5.25. The predicted molar refractivity (Wildman–Crippen MR) is 68.7 cm³/mol. The smallest absolute Gasteiger partial charge is 0.122 e. The van der Waals surface area contributed by atoms with Crippen molar-refractivity contribution in [1.29, 1.82) is 0 Å². The lowest BCUT2D eigenvalue weighted by molar-refractivity contribution is 0.204. The van der Waals surface area contributed by atoms with Gasteiger partial charge in [-0.2, -0.15) is 0 Å². The van der Waals surface area contributed by atoms with Gasteiger partial charge in [0.15, 0.2) is 0 Å². The van der Waals surface area contributed by atoms with Gasteiger partial charge in [-0.1, -0.05) is 13.8 Å². The highest BCUT2D eigenvalue weighted by atomic mass is 16.5. The molecule has 0 spiro atoms. The fourth-order valence-electron chi connectivity index (χ4n) is 1.66. The van der Waals surface area contributed by atoms with Crippen molar-refractivity contribution in [2.75, 3.05) is 25.6 Å². The van der Waals surface area contributed by atoms with Gasteiger partial charge in [-0.25, -0.2) is 0 Å². The molecule has 1 rings (SSSR count). The molecular formula is C13H21NO3. The summed E-state index contributed by atoms with van der Waals surface area (Å²) in [6, 6.07) is 5.43. The quantitative estimate of drug-likeness (QED) is 0.705. The van der Waals surface area contributed by atoms with Crippen molar-refractivity contribution in [2.24, 2.45) is 0 Å². The van der Waals surface area contributed by atoms with Gasteiger partial charge < -0.3 is 20.3 Å². The molecule has 0 unspecified atom stereocenters. The average Bonchev–Trinajstić information content (AvgIpc) is 2.35. The molecule has 1 aromatic carbocycles. The molecule has 0 heterocycles. The van der Waals surface area contributed by atoms with Gasteiger partial charge in [0.25, 0.3) is 0 Å². The zero-order valence-corrected chi connectivity index (χ0v) is 10.6. The number of hydrogen-bond acceptors (Lipinski definition) is 4. The van der Waals surface area contributed by atoms with Gasteiger partial charge in [-0.15, -0.1) is 0 Å². The van der Waals surface area contributed by atoms with Crippen LogP contribution >= 0.6 is 0 Å². The van der Waals surface area contributed by atoms with E-state index in [0.717, 1.165) is 17.0 Å². The summed E-state index contributed by atoms with van der Waals surface area (Å²) in [5.74, 6) is 1.21. The van der Waals surface area contributed by atoms with E-state index in [9.17, 15) is 0 Å². The number of benzene rings is 1. The summed E-state index contributed by atoms with van der Waals surface area (Å²) < 4.78 is 5.29. The first-order chi connectivity index (χ1) is 8.12. The largest absolute Gasteiger partial charge is 0.496 e. The van der Waals surface area contributed by atoms with E-state index in [4.69, 9.17) is 14.9 Å². The van der Waals surface area contributed by atoms with Crippen molar-refractivity contribution in [2.45, 2.75) is 25.8 Å². The lowest BCUT2D eigenvalue weighted by Crippen LogP contribution is -2.27. The lowest BCUT2D eigenvalue weighted by atomic mass is 10.0. The first kappa shape index (κ1) is 13.8. The van der Waals surface area contributed by atoms with Crippen LogP contribution in [-0.4, -0.2) is 36.6 Å². The predicted octanol–water partition coefficient (Wildman–Crippen LogP) is 1.58. The van der Waals surface area contributed by atoms with Crippen molar-refractivity contribution in [1.82, 2.24) is 0 Å². The third-order valence-corrected chi connectivity index (χ3v) is 2.66. The van der Waals surface area contributed by atoms with Crippen molar-refractivity contribution in [3.8, 4) is 5.75 Å². The molecule has 0 amide bonds. The Morgan fingerprint density at radius 3 is 2.35 bits per heavy atom. The first-order valence-corrected chi connectivity index (χ1v) is 5.78. The van der Waals surface area contributed by atoms with E-state index in [1.165, 1.54) is 0 Å². The second-order valence-corrected chi connectivity index (χ2v) is 4.32. The Balaban J connectivity index is 2.91. The molecular weight excluding hydrogens is 218 g/mol. The zero-order chi connectivity index (χ0) is 12.8. The lowest BCUT2D eigenvalue weighted by Gasteiger charge is -2.18. The molecule has 0 aromatic heterocycles. The Morgan fingerprint density at radius 1 is 1.24 bits per heavy atom. The molecule has 96 valence electrons. The van der Waals surface area contributed by atoms with Gasteiger partial charge in [0, 0.05) is 5.69 Å². The molecule has 0 aliphatic carbocycles. The summed E-state index contributed by atoms with van der Waals surface area (Å²) in [6.07, 6.45) is 0. The molecule has 0 bridgehead atoms. The van der Waals surface area contributed by atoms with Crippen LogP contribution in [0.4, 0.5) is 5.69 Å². The summed E-state index contributed by atoms with van der Waals surface area (Å²) in [6.45, 7) is 3.99. The second-order valence-electron chi connectivity index (χ2n) is 4.32. The highest BCUT2D eigenvalue weighted by molar-refractivity contribution is 5.52. The van der Waals surface area contributed by atoms with E-state index in [-0.39, 0.29) is 19.3 Å². The van der Waals surface area contributed by atoms with E-state index >= 15 is 0 Å². The van der Waals surface area contributed by atoms with Crippen molar-refractivity contribution in [3.05, 3.63) is 23.8 Å². The van der Waals surface area contributed by atoms with Gasteiger partial charge >= 0.3 is 0 Å². The van der Waals surface area contributed by atoms with E-state index in [2.05, 4.69) is 19.2 Å². The monoisotopic (exact) mass is 239 g/mol. The number of ether oxygens (including phenoxy) is 1. The minimum absolute atomic E-state index is 0.0977. The van der Waals surface area contributed by atoms with E-state index in [1.54, 1.807) is 7.11 Å². The minimum atomic E-state index is -0.330. The van der Waals surface area contributed by atoms with Crippen LogP contribution in [0.2, 0.25) is 0 Å². The minimum Gasteiger partial charge on any atom is -0.496 e. The third-order valence-electron chi connectivity index (χ3n) is 2.66. The Hall–Kier alpha value is -1.26. The molecule has 0 aliphatic rings. The van der Waals surface area contributed by atoms with Gasteiger partial charge in [-0.3, -0.25) is 0 Å². The molecule has 17 heavy (non-hydrogen) atoms. The molecule has 0 aliphatic heterocycles. The van der Waals surface area contributed by atoms with Crippen molar-refractivity contribution >= 4 is 5.69 Å². The zero-order valence-electron chi connectivity index (χ0n) is 10.6. The SMILES string of the molecule is COc1ccc(NC(CO)CO)cc1C(C)C. The standard InChI is InChI=1S/C13H21NO3/c1-9(2)12-6-10(4-5-13(12)17-3)14-11(7-15)8-16/h4-6,9,11,14-16H,7-8H2,1-3H3. The molecule has 0 saturated heterocycles. The van der Waals surface area contributed by atoms with Crippen molar-refractivity contribution in [3.63, 3.8) is 0 Å². The summed E-state index contributed by atoms with van der Waals surface area (Å²) in [5.41, 5.74) is 1.98. The molecule has 1 aromatic rings. The number of anilines is 1. The van der Waals surface area contributed by atoms with Gasteiger partial charge in [0.1, 0.15) is 5.75 Å². The number of methoxy groups -OCH3 is 1. The molecule has 4 nitrogen and oxygen atoms in total. The Morgan fingerprint density at radius 2 is 1.88 bits per heavy atom. The highest BCUT2D eigenvalue weighted by Crippen LogP contribution is 2.29. The normalized spacial score (nSPS) is 11.0. The fraction of sp³-hybridized carbons (Fsp3) is 0.538. The maximum absolute atomic E-state index is 9.02. The van der Waals surface area contributed by atoms with E-state index < -0.39 is 0 Å². The number of aliphatic hydroxyl groups excluding tert-OH is 2. The maximum Gasteiger partial charge on any atom is 0.122 e. The summed E-state index contributed by atoms with van der Waals surface area (Å²) >= 11 is 0. The van der Waals surface area contributed by atoms with Gasteiger partial charge in [-0.05, 0) is 29.7 Å². The van der Waals surface area contributed by atoms with Crippen LogP contribution in [0.1, 0.15) is 25.3 Å². The van der Waals surface area contributed by atoms with Crippen LogP contribution in [0.3, 0.4) is 0 Å². The van der Waals surface area contributed by atoms with E-state index in [0.29, 0.717) is 5.92 Å². The molecule has 3 N–H and O–H groups in total. The molecule has 4 heteroatoms. The van der Waals surface area contributed by atoms with E-state index in [1.807, 2.05) is 18.2 Å². The van der Waals surface area contributed by atoms with Crippen LogP contribution in [0.5, 0.6) is 5.75 Å². The number of rotatable bonds is 6. The maximum atomic E-state index is 9.02. The van der Waals surface area contributed by atoms with Crippen molar-refractivity contribution < 1.29 is 14.9 Å². The van der Waals surface area contributed by atoms with Crippen LogP contribution in [0.25, 0.3) is 0 Å². The number of hydrogen-bond donors (Lipinski definition) is 3. The Bertz CT molecular complexity index is 349. The molecule has 0 fully saturated rings. The summed E-state index contributed by atoms with van der Waals surface area (Å²) in [7, 11) is 1.65. The highest BCUT2D eigenvalue weighted by Gasteiger charge is 2.10. The number of nitrogens with one attached hydrogen (secondary N) is 1. The fourth-order valence-corrected chi connectivity index (χ4v) is 1.66. The first-order valence-electron chi connectivity index (χ1n) is 5.78. The second kappa shape index (κ2) is 6.47. The summed E-state index contributed by atoms with van der Waals surface area (Å²) in [4.78, 5) is 0. The Labute approximate surface area is 102 Å².